The van der Waals surface area contributed by atoms with Crippen LogP contribution in [0.15, 0.2) is 59.4 Å². The molecule has 1 heterocycles. The summed E-state index contributed by atoms with van der Waals surface area (Å²) in [5, 5.41) is 4.19. The molecule has 0 aliphatic rings. The van der Waals surface area contributed by atoms with E-state index in [2.05, 4.69) is 5.10 Å². The van der Waals surface area contributed by atoms with Gasteiger partial charge in [0.05, 0.1) is 12.2 Å². The summed E-state index contributed by atoms with van der Waals surface area (Å²) in [5.74, 6) is -1.03. The Balaban J connectivity index is 1.88. The number of ketones is 1. The van der Waals surface area contributed by atoms with Crippen molar-refractivity contribution in [2.45, 2.75) is 32.7 Å². The van der Waals surface area contributed by atoms with Gasteiger partial charge < -0.3 is 0 Å². The summed E-state index contributed by atoms with van der Waals surface area (Å²) < 4.78 is 28.7. The number of benzene rings is 2. The molecular formula is C22H20F2N2O2. The van der Waals surface area contributed by atoms with Crippen molar-refractivity contribution in [3.05, 3.63) is 87.7 Å². The van der Waals surface area contributed by atoms with Crippen LogP contribution < -0.4 is 5.56 Å². The van der Waals surface area contributed by atoms with Crippen LogP contribution in [0.25, 0.3) is 11.3 Å². The van der Waals surface area contributed by atoms with Crippen LogP contribution in [0.4, 0.5) is 8.78 Å². The normalized spacial score (nSPS) is 10.8. The minimum atomic E-state index is -0.615. The van der Waals surface area contributed by atoms with Crippen LogP contribution in [0.5, 0.6) is 0 Å². The van der Waals surface area contributed by atoms with Crippen LogP contribution in [0, 0.1) is 11.6 Å². The van der Waals surface area contributed by atoms with Crippen molar-refractivity contribution in [3.8, 4) is 11.3 Å². The quantitative estimate of drug-likeness (QED) is 0.617. The monoisotopic (exact) mass is 382 g/mol. The van der Waals surface area contributed by atoms with Gasteiger partial charge in [0.15, 0.2) is 0 Å². The zero-order valence-electron chi connectivity index (χ0n) is 15.5. The first-order chi connectivity index (χ1) is 13.5. The van der Waals surface area contributed by atoms with E-state index in [1.165, 1.54) is 16.8 Å². The van der Waals surface area contributed by atoms with Crippen LogP contribution in [0.1, 0.15) is 30.9 Å². The zero-order chi connectivity index (χ0) is 20.1. The summed E-state index contributed by atoms with van der Waals surface area (Å²) in [6.07, 6.45) is 1.69. The van der Waals surface area contributed by atoms with E-state index < -0.39 is 11.6 Å². The fourth-order valence-electron chi connectivity index (χ4n) is 3.01. The van der Waals surface area contributed by atoms with E-state index in [0.717, 1.165) is 35.7 Å². The van der Waals surface area contributed by atoms with Crippen LogP contribution in [-0.2, 0) is 17.8 Å². The Morgan fingerprint density at radius 3 is 2.61 bits per heavy atom. The smallest absolute Gasteiger partial charge is 0.267 e. The number of rotatable bonds is 7. The molecule has 0 aliphatic heterocycles. The van der Waals surface area contributed by atoms with E-state index in [4.69, 9.17) is 0 Å². The molecule has 3 aromatic rings. The van der Waals surface area contributed by atoms with Crippen molar-refractivity contribution in [2.24, 2.45) is 0 Å². The summed E-state index contributed by atoms with van der Waals surface area (Å²) >= 11 is 0. The van der Waals surface area contributed by atoms with Crippen molar-refractivity contribution < 1.29 is 13.6 Å². The van der Waals surface area contributed by atoms with Crippen LogP contribution in [0.2, 0.25) is 0 Å². The topological polar surface area (TPSA) is 52.0 Å². The Hall–Kier alpha value is -3.15. The summed E-state index contributed by atoms with van der Waals surface area (Å²) in [5.41, 5.74) is 1.48. The second-order valence-electron chi connectivity index (χ2n) is 6.62. The van der Waals surface area contributed by atoms with Crippen molar-refractivity contribution in [2.75, 3.05) is 0 Å². The molecule has 0 N–H and O–H groups in total. The largest absolute Gasteiger partial charge is 0.299 e. The van der Waals surface area contributed by atoms with Gasteiger partial charge in [-0.25, -0.2) is 13.5 Å². The van der Waals surface area contributed by atoms with Crippen LogP contribution >= 0.6 is 0 Å². The van der Waals surface area contributed by atoms with Gasteiger partial charge in [-0.1, -0.05) is 31.2 Å². The van der Waals surface area contributed by atoms with Gasteiger partial charge in [0, 0.05) is 24.5 Å². The summed E-state index contributed by atoms with van der Waals surface area (Å²) in [4.78, 5) is 24.0. The fraction of sp³-hybridized carbons (Fsp3) is 0.227. The molecule has 1 aromatic heterocycles. The first-order valence-corrected chi connectivity index (χ1v) is 9.09. The van der Waals surface area contributed by atoms with E-state index in [9.17, 15) is 18.4 Å². The molecule has 28 heavy (non-hydrogen) atoms. The van der Waals surface area contributed by atoms with Crippen molar-refractivity contribution in [1.82, 2.24) is 9.78 Å². The molecule has 0 spiro atoms. The fourth-order valence-corrected chi connectivity index (χ4v) is 3.01. The van der Waals surface area contributed by atoms with E-state index >= 15 is 0 Å². The number of Topliss-reactive ketones (excluding diaryl/α,β-unsaturated/α-hetero) is 1. The predicted octanol–water partition coefficient (Wildman–Crippen LogP) is 4.15. The Bertz CT molecular complexity index is 1060. The maximum atomic E-state index is 14.0. The first kappa shape index (κ1) is 19.6. The Morgan fingerprint density at radius 1 is 1.04 bits per heavy atom. The SMILES string of the molecule is CCCC(=O)Cc1cccc(Cn2nc(-c3cc(F)ccc3F)ccc2=O)c1. The predicted molar refractivity (Wildman–Crippen MR) is 103 cm³/mol. The van der Waals surface area contributed by atoms with Gasteiger partial charge in [-0.05, 0) is 41.8 Å². The number of hydrogen-bond donors (Lipinski definition) is 0. The standard InChI is InChI=1S/C22H20F2N2O2/c1-2-4-18(27)12-15-5-3-6-16(11-15)14-26-22(28)10-9-21(25-26)19-13-17(23)7-8-20(19)24/h3,5-11,13H,2,4,12,14H2,1H3. The molecule has 4 nitrogen and oxygen atoms in total. The molecule has 0 saturated carbocycles. The third kappa shape index (κ3) is 4.76. The molecule has 6 heteroatoms. The van der Waals surface area contributed by atoms with Gasteiger partial charge >= 0.3 is 0 Å². The minimum Gasteiger partial charge on any atom is -0.299 e. The zero-order valence-corrected chi connectivity index (χ0v) is 15.5. The summed E-state index contributed by atoms with van der Waals surface area (Å²) in [6, 6.07) is 13.1. The molecule has 0 aliphatic carbocycles. The number of nitrogens with zero attached hydrogens (tertiary/aromatic N) is 2. The van der Waals surface area contributed by atoms with E-state index in [1.54, 1.807) is 0 Å². The molecule has 0 fully saturated rings. The van der Waals surface area contributed by atoms with E-state index in [-0.39, 0.29) is 29.1 Å². The molecular weight excluding hydrogens is 362 g/mol. The van der Waals surface area contributed by atoms with E-state index in [0.29, 0.717) is 12.8 Å². The maximum absolute atomic E-state index is 14.0. The number of hydrogen-bond acceptors (Lipinski definition) is 3. The van der Waals surface area contributed by atoms with Crippen molar-refractivity contribution in [3.63, 3.8) is 0 Å². The molecule has 0 radical (unpaired) electrons. The van der Waals surface area contributed by atoms with Gasteiger partial charge in [0.2, 0.25) is 0 Å². The first-order valence-electron chi connectivity index (χ1n) is 9.09. The molecule has 144 valence electrons. The molecule has 3 rings (SSSR count). The van der Waals surface area contributed by atoms with Crippen molar-refractivity contribution >= 4 is 5.78 Å². The summed E-state index contributed by atoms with van der Waals surface area (Å²) in [7, 11) is 0. The molecule has 0 amide bonds. The Kier molecular flexibility index (Phi) is 6.09. The van der Waals surface area contributed by atoms with Crippen molar-refractivity contribution in [1.29, 1.82) is 0 Å². The highest BCUT2D eigenvalue weighted by molar-refractivity contribution is 5.80. The Labute approximate surface area is 161 Å². The van der Waals surface area contributed by atoms with Gasteiger partial charge in [0.1, 0.15) is 17.4 Å². The second kappa shape index (κ2) is 8.69. The summed E-state index contributed by atoms with van der Waals surface area (Å²) in [6.45, 7) is 2.13. The lowest BCUT2D eigenvalue weighted by molar-refractivity contribution is -0.118. The number of carbonyl (C=O) groups excluding carboxylic acids is 1. The molecule has 2 aromatic carbocycles. The third-order valence-corrected chi connectivity index (χ3v) is 4.32. The number of aromatic nitrogens is 2. The lowest BCUT2D eigenvalue weighted by Crippen LogP contribution is -2.23. The third-order valence-electron chi connectivity index (χ3n) is 4.32. The van der Waals surface area contributed by atoms with Gasteiger partial charge in [0.25, 0.3) is 5.56 Å². The average Bonchev–Trinajstić information content (AvgIpc) is 2.66. The van der Waals surface area contributed by atoms with Gasteiger partial charge in [-0.2, -0.15) is 5.10 Å². The van der Waals surface area contributed by atoms with Crippen LogP contribution in [0.3, 0.4) is 0 Å². The molecule has 0 unspecified atom stereocenters. The highest BCUT2D eigenvalue weighted by atomic mass is 19.1. The average molecular weight is 382 g/mol. The number of halogens is 2. The lowest BCUT2D eigenvalue weighted by Gasteiger charge is -2.09. The molecule has 0 saturated heterocycles. The van der Waals surface area contributed by atoms with E-state index in [1.807, 2.05) is 31.2 Å². The van der Waals surface area contributed by atoms with Gasteiger partial charge in [-0.15, -0.1) is 0 Å². The van der Waals surface area contributed by atoms with Crippen LogP contribution in [-0.4, -0.2) is 15.6 Å². The lowest BCUT2D eigenvalue weighted by atomic mass is 10.0. The second-order valence-corrected chi connectivity index (χ2v) is 6.62. The molecule has 0 atom stereocenters. The maximum Gasteiger partial charge on any atom is 0.267 e. The minimum absolute atomic E-state index is 0.00679. The highest BCUT2D eigenvalue weighted by Crippen LogP contribution is 2.21. The Morgan fingerprint density at radius 2 is 1.82 bits per heavy atom. The highest BCUT2D eigenvalue weighted by Gasteiger charge is 2.11. The number of carbonyl (C=O) groups is 1. The van der Waals surface area contributed by atoms with Gasteiger partial charge in [-0.3, -0.25) is 9.59 Å². The molecule has 0 bridgehead atoms.